The van der Waals surface area contributed by atoms with Gasteiger partial charge in [-0.25, -0.2) is 9.59 Å². The summed E-state index contributed by atoms with van der Waals surface area (Å²) in [5, 5.41) is 8.79. The number of carbonyl (C=O) groups excluding carboxylic acids is 1. The smallest absolute Gasteiger partial charge is 0.354 e. The van der Waals surface area contributed by atoms with Gasteiger partial charge in [0.1, 0.15) is 4.90 Å². The molecule has 6 nitrogen and oxygen atoms in total. The number of benzene rings is 1. The third-order valence-corrected chi connectivity index (χ3v) is 3.16. The molecule has 0 saturated heterocycles. The summed E-state index contributed by atoms with van der Waals surface area (Å²) < 4.78 is 26.7. The maximum Gasteiger partial charge on any atom is 0.354 e. The molecule has 1 aliphatic rings. The van der Waals surface area contributed by atoms with Gasteiger partial charge in [-0.05, 0) is 12.1 Å². The quantitative estimate of drug-likeness (QED) is 0.691. The van der Waals surface area contributed by atoms with Crippen LogP contribution in [0.15, 0.2) is 23.1 Å². The van der Waals surface area contributed by atoms with E-state index < -0.39 is 32.5 Å². The number of aromatic carboxylic acids is 1. The van der Waals surface area contributed by atoms with Gasteiger partial charge in [0.15, 0.2) is 0 Å². The summed E-state index contributed by atoms with van der Waals surface area (Å²) in [6.45, 7) is 0. The van der Waals surface area contributed by atoms with Crippen LogP contribution < -0.4 is 0 Å². The summed E-state index contributed by atoms with van der Waals surface area (Å²) in [5.41, 5.74) is -0.788. The lowest BCUT2D eigenvalue weighted by Gasteiger charge is -2.15. The van der Waals surface area contributed by atoms with Gasteiger partial charge in [-0.1, -0.05) is 6.07 Å². The zero-order valence-electron chi connectivity index (χ0n) is 7.13. The van der Waals surface area contributed by atoms with Gasteiger partial charge in [-0.3, -0.25) is 0 Å². The molecule has 1 N–H and O–H groups in total. The van der Waals surface area contributed by atoms with Crippen LogP contribution in [0.4, 0.5) is 0 Å². The number of carboxylic acids is 1. The Morgan fingerprint density at radius 3 is 2.60 bits per heavy atom. The number of rotatable bonds is 1. The van der Waals surface area contributed by atoms with E-state index in [0.29, 0.717) is 0 Å². The molecule has 0 fully saturated rings. The third kappa shape index (κ3) is 1.28. The fourth-order valence-electron chi connectivity index (χ4n) is 1.32. The highest BCUT2D eigenvalue weighted by atomic mass is 32.2. The van der Waals surface area contributed by atoms with Crippen LogP contribution in [0.1, 0.15) is 20.7 Å². The molecule has 0 radical (unpaired) electrons. The van der Waals surface area contributed by atoms with Crippen LogP contribution in [0.25, 0.3) is 0 Å². The van der Waals surface area contributed by atoms with E-state index in [4.69, 9.17) is 5.11 Å². The van der Waals surface area contributed by atoms with Crippen molar-refractivity contribution < 1.29 is 27.3 Å². The molecule has 0 amide bonds. The van der Waals surface area contributed by atoms with Crippen molar-refractivity contribution in [1.29, 1.82) is 0 Å². The van der Waals surface area contributed by atoms with Crippen molar-refractivity contribution in [3.63, 3.8) is 0 Å². The molecule has 15 heavy (non-hydrogen) atoms. The highest BCUT2D eigenvalue weighted by molar-refractivity contribution is 7.87. The van der Waals surface area contributed by atoms with Gasteiger partial charge < -0.3 is 9.29 Å². The number of carbonyl (C=O) groups is 2. The first-order valence-electron chi connectivity index (χ1n) is 3.78. The largest absolute Gasteiger partial charge is 0.478 e. The van der Waals surface area contributed by atoms with Crippen molar-refractivity contribution >= 4 is 22.1 Å². The van der Waals surface area contributed by atoms with Crippen LogP contribution in [-0.2, 0) is 14.3 Å². The van der Waals surface area contributed by atoms with Crippen LogP contribution in [0.3, 0.4) is 0 Å². The van der Waals surface area contributed by atoms with Crippen LogP contribution in [-0.4, -0.2) is 25.5 Å². The van der Waals surface area contributed by atoms with E-state index in [1.807, 2.05) is 0 Å². The van der Waals surface area contributed by atoms with Gasteiger partial charge in [0, 0.05) is 0 Å². The fraction of sp³-hybridized carbons (Fsp3) is 0. The molecule has 78 valence electrons. The Labute approximate surface area is 84.2 Å². The number of hydrogen-bond acceptors (Lipinski definition) is 5. The lowest BCUT2D eigenvalue weighted by molar-refractivity contribution is 0.0655. The zero-order chi connectivity index (χ0) is 11.2. The van der Waals surface area contributed by atoms with Crippen molar-refractivity contribution in [2.75, 3.05) is 0 Å². The summed E-state index contributed by atoms with van der Waals surface area (Å²) in [7, 11) is -4.28. The maximum atomic E-state index is 11.3. The number of carboxylic acid groups (broad SMARTS) is 1. The minimum Gasteiger partial charge on any atom is -0.478 e. The molecule has 0 saturated carbocycles. The van der Waals surface area contributed by atoms with Crippen LogP contribution in [0.5, 0.6) is 0 Å². The summed E-state index contributed by atoms with van der Waals surface area (Å²) in [6.07, 6.45) is 0. The van der Waals surface area contributed by atoms with Crippen LogP contribution >= 0.6 is 0 Å². The molecule has 0 atom stereocenters. The Kier molecular flexibility index (Phi) is 1.80. The van der Waals surface area contributed by atoms with E-state index in [1.54, 1.807) is 0 Å². The standard InChI is InChI=1S/C8H4O6S/c9-7(10)6-4-2-1-3-5(6)15(12,13)14-8(4)11/h1-3H,(H,9,10). The molecular weight excluding hydrogens is 224 g/mol. The van der Waals surface area contributed by atoms with Crippen molar-refractivity contribution in [3.05, 3.63) is 29.3 Å². The Hall–Kier alpha value is -1.89. The minimum atomic E-state index is -4.28. The first-order chi connectivity index (χ1) is 6.93. The van der Waals surface area contributed by atoms with Gasteiger partial charge in [-0.15, -0.1) is 0 Å². The number of fused-ring (bicyclic) bond motifs is 2. The van der Waals surface area contributed by atoms with Gasteiger partial charge >= 0.3 is 22.1 Å². The molecular formula is C8H4O6S. The van der Waals surface area contributed by atoms with E-state index in [0.717, 1.165) is 6.07 Å². The predicted molar refractivity (Wildman–Crippen MR) is 46.0 cm³/mol. The van der Waals surface area contributed by atoms with Gasteiger partial charge in [0.25, 0.3) is 0 Å². The molecule has 1 aliphatic heterocycles. The molecule has 1 aromatic rings. The van der Waals surface area contributed by atoms with Crippen LogP contribution in [0, 0.1) is 0 Å². The van der Waals surface area contributed by atoms with Gasteiger partial charge in [-0.2, -0.15) is 8.42 Å². The van der Waals surface area contributed by atoms with E-state index >= 15 is 0 Å². The second-order valence-corrected chi connectivity index (χ2v) is 4.32. The SMILES string of the molecule is O=C1OS(=O)(=O)c2cccc1c2C(=O)O. The van der Waals surface area contributed by atoms with Gasteiger partial charge in [0.05, 0.1) is 11.1 Å². The normalized spacial score (nSPS) is 16.9. The zero-order valence-corrected chi connectivity index (χ0v) is 7.95. The molecule has 0 aliphatic carbocycles. The van der Waals surface area contributed by atoms with E-state index in [9.17, 15) is 18.0 Å². The average Bonchev–Trinajstić information content (AvgIpc) is 2.14. The first kappa shape index (κ1) is 9.66. The maximum absolute atomic E-state index is 11.3. The lowest BCUT2D eigenvalue weighted by Crippen LogP contribution is -2.25. The summed E-state index contributed by atoms with van der Waals surface area (Å²) in [5.74, 6) is -2.64. The molecule has 1 heterocycles. The summed E-state index contributed by atoms with van der Waals surface area (Å²) in [4.78, 5) is 21.4. The van der Waals surface area contributed by atoms with Gasteiger partial charge in [0.2, 0.25) is 0 Å². The Bertz CT molecular complexity index is 571. The van der Waals surface area contributed by atoms with E-state index in [1.165, 1.54) is 12.1 Å². The van der Waals surface area contributed by atoms with Crippen molar-refractivity contribution in [2.45, 2.75) is 4.90 Å². The summed E-state index contributed by atoms with van der Waals surface area (Å²) >= 11 is 0. The molecule has 0 unspecified atom stereocenters. The van der Waals surface area contributed by atoms with E-state index in [-0.39, 0.29) is 5.56 Å². The molecule has 2 rings (SSSR count). The molecule has 0 aromatic heterocycles. The Morgan fingerprint density at radius 2 is 2.00 bits per heavy atom. The monoisotopic (exact) mass is 228 g/mol. The molecule has 7 heteroatoms. The minimum absolute atomic E-state index is 0.255. The highest BCUT2D eigenvalue weighted by Crippen LogP contribution is 2.28. The fourth-order valence-corrected chi connectivity index (χ4v) is 2.39. The first-order valence-corrected chi connectivity index (χ1v) is 5.19. The highest BCUT2D eigenvalue weighted by Gasteiger charge is 2.36. The lowest BCUT2D eigenvalue weighted by atomic mass is 10.1. The van der Waals surface area contributed by atoms with Crippen molar-refractivity contribution in [3.8, 4) is 0 Å². The molecule has 1 aromatic carbocycles. The second kappa shape index (κ2) is 2.80. The van der Waals surface area contributed by atoms with E-state index in [2.05, 4.69) is 4.18 Å². The Morgan fingerprint density at radius 1 is 1.33 bits per heavy atom. The third-order valence-electron chi connectivity index (χ3n) is 1.91. The number of hydrogen-bond donors (Lipinski definition) is 1. The topological polar surface area (TPSA) is 97.7 Å². The van der Waals surface area contributed by atoms with Crippen molar-refractivity contribution in [1.82, 2.24) is 0 Å². The summed E-state index contributed by atoms with van der Waals surface area (Å²) in [6, 6.07) is 3.56. The Balaban J connectivity index is 2.91. The van der Waals surface area contributed by atoms with Crippen molar-refractivity contribution in [2.24, 2.45) is 0 Å². The van der Waals surface area contributed by atoms with Crippen LogP contribution in [0.2, 0.25) is 0 Å². The second-order valence-electron chi connectivity index (χ2n) is 2.81. The molecule has 2 bridgehead atoms. The average molecular weight is 228 g/mol. The predicted octanol–water partition coefficient (Wildman–Crippen LogP) is 0.244. The molecule has 0 spiro atoms.